The van der Waals surface area contributed by atoms with Crippen LogP contribution in [-0.2, 0) is 0 Å². The van der Waals surface area contributed by atoms with Gasteiger partial charge in [-0.05, 0) is 40.9 Å². The quantitative estimate of drug-likeness (QED) is 0.826. The van der Waals surface area contributed by atoms with Gasteiger partial charge in [-0.2, -0.15) is 0 Å². The number of hydrogen-bond donors (Lipinski definition) is 1. The van der Waals surface area contributed by atoms with Gasteiger partial charge < -0.3 is 9.67 Å². The lowest BCUT2D eigenvalue weighted by Crippen LogP contribution is -1.89. The largest absolute Gasteiger partial charge is 0.508 e. The summed E-state index contributed by atoms with van der Waals surface area (Å²) in [5.74, 6) is 0.338. The van der Waals surface area contributed by atoms with E-state index in [1.54, 1.807) is 6.07 Å². The number of hydrogen-bond acceptors (Lipinski definition) is 1. The highest BCUT2D eigenvalue weighted by Gasteiger charge is 2.25. The number of aromatic hydroxyl groups is 1. The first kappa shape index (κ1) is 8.36. The van der Waals surface area contributed by atoms with Crippen LogP contribution in [0.1, 0.15) is 18.9 Å². The molecule has 1 saturated carbocycles. The molecule has 1 aromatic heterocycles. The summed E-state index contributed by atoms with van der Waals surface area (Å²) in [5.41, 5.74) is 1.12. The molecule has 2 aromatic rings. The van der Waals surface area contributed by atoms with Gasteiger partial charge in [0.25, 0.3) is 0 Å². The summed E-state index contributed by atoms with van der Waals surface area (Å²) in [6, 6.07) is 6.15. The molecule has 72 valence electrons. The maximum absolute atomic E-state index is 9.44. The zero-order valence-electron chi connectivity index (χ0n) is 7.57. The first-order valence-electron chi connectivity index (χ1n) is 4.75. The number of phenols is 1. The van der Waals surface area contributed by atoms with Gasteiger partial charge in [0.1, 0.15) is 5.75 Å². The molecule has 0 amide bonds. The molecule has 3 rings (SSSR count). The first-order chi connectivity index (χ1) is 6.75. The molecule has 0 radical (unpaired) electrons. The average Bonchev–Trinajstić information content (AvgIpc) is 2.93. The van der Waals surface area contributed by atoms with Gasteiger partial charge in [-0.3, -0.25) is 0 Å². The molecule has 1 aromatic carbocycles. The van der Waals surface area contributed by atoms with Crippen LogP contribution in [0.4, 0.5) is 0 Å². The summed E-state index contributed by atoms with van der Waals surface area (Å²) >= 11 is 3.54. The van der Waals surface area contributed by atoms with Gasteiger partial charge in [-0.25, -0.2) is 0 Å². The Balaban J connectivity index is 2.33. The minimum Gasteiger partial charge on any atom is -0.508 e. The summed E-state index contributed by atoms with van der Waals surface area (Å²) in [6.07, 6.45) is 4.62. The van der Waals surface area contributed by atoms with Gasteiger partial charge in [-0.1, -0.05) is 0 Å². The fourth-order valence-electron chi connectivity index (χ4n) is 1.85. The van der Waals surface area contributed by atoms with E-state index >= 15 is 0 Å². The predicted octanol–water partition coefficient (Wildman–Crippen LogP) is 3.44. The summed E-state index contributed by atoms with van der Waals surface area (Å²) in [6.45, 7) is 0. The maximum Gasteiger partial charge on any atom is 0.117 e. The van der Waals surface area contributed by atoms with Gasteiger partial charge >= 0.3 is 0 Å². The van der Waals surface area contributed by atoms with Crippen molar-refractivity contribution in [3.63, 3.8) is 0 Å². The van der Waals surface area contributed by atoms with Crippen molar-refractivity contribution in [1.82, 2.24) is 4.57 Å². The molecule has 1 fully saturated rings. The van der Waals surface area contributed by atoms with Crippen molar-refractivity contribution in [2.45, 2.75) is 18.9 Å². The standard InChI is InChI=1S/C11H10BrNO/c12-10-6-13(7-1-2-7)11-5-8(14)3-4-9(10)11/h3-7,14H,1-2H2. The van der Waals surface area contributed by atoms with Crippen LogP contribution in [0.2, 0.25) is 0 Å². The lowest BCUT2D eigenvalue weighted by molar-refractivity contribution is 0.476. The minimum absolute atomic E-state index is 0.338. The monoisotopic (exact) mass is 251 g/mol. The van der Waals surface area contributed by atoms with Crippen LogP contribution in [-0.4, -0.2) is 9.67 Å². The topological polar surface area (TPSA) is 25.2 Å². The SMILES string of the molecule is Oc1ccc2c(Br)cn(C3CC3)c2c1. The number of benzene rings is 1. The molecule has 0 aliphatic heterocycles. The third-order valence-corrected chi connectivity index (χ3v) is 3.34. The molecule has 0 saturated heterocycles. The summed E-state index contributed by atoms with van der Waals surface area (Å²) in [5, 5.41) is 10.6. The Labute approximate surface area is 90.3 Å². The van der Waals surface area contributed by atoms with Crippen LogP contribution in [0, 0.1) is 0 Å². The van der Waals surface area contributed by atoms with Gasteiger partial charge in [0.2, 0.25) is 0 Å². The van der Waals surface area contributed by atoms with Crippen molar-refractivity contribution >= 4 is 26.8 Å². The number of aromatic nitrogens is 1. The van der Waals surface area contributed by atoms with Gasteiger partial charge in [-0.15, -0.1) is 0 Å². The lowest BCUT2D eigenvalue weighted by atomic mass is 10.2. The van der Waals surface area contributed by atoms with E-state index in [0.29, 0.717) is 11.8 Å². The van der Waals surface area contributed by atoms with Crippen molar-refractivity contribution in [3.05, 3.63) is 28.9 Å². The zero-order valence-corrected chi connectivity index (χ0v) is 9.16. The second kappa shape index (κ2) is 2.76. The molecular formula is C11H10BrNO. The van der Waals surface area contributed by atoms with E-state index in [0.717, 1.165) is 9.99 Å². The smallest absolute Gasteiger partial charge is 0.117 e. The molecule has 1 aliphatic carbocycles. The third kappa shape index (κ3) is 1.16. The van der Waals surface area contributed by atoms with Gasteiger partial charge in [0.15, 0.2) is 0 Å². The van der Waals surface area contributed by atoms with E-state index in [-0.39, 0.29) is 0 Å². The molecule has 3 heteroatoms. The summed E-state index contributed by atoms with van der Waals surface area (Å²) in [7, 11) is 0. The number of rotatable bonds is 1. The number of fused-ring (bicyclic) bond motifs is 1. The molecule has 1 heterocycles. The Hall–Kier alpha value is -0.960. The molecule has 1 aliphatic rings. The molecular weight excluding hydrogens is 242 g/mol. The fourth-order valence-corrected chi connectivity index (χ4v) is 2.41. The van der Waals surface area contributed by atoms with Crippen molar-refractivity contribution in [3.8, 4) is 5.75 Å². The molecule has 1 N–H and O–H groups in total. The Morgan fingerprint density at radius 3 is 2.86 bits per heavy atom. The maximum atomic E-state index is 9.44. The second-order valence-electron chi connectivity index (χ2n) is 3.82. The van der Waals surface area contributed by atoms with E-state index in [1.807, 2.05) is 12.1 Å². The Morgan fingerprint density at radius 2 is 2.14 bits per heavy atom. The fraction of sp³-hybridized carbons (Fsp3) is 0.273. The Morgan fingerprint density at radius 1 is 1.36 bits per heavy atom. The molecule has 0 unspecified atom stereocenters. The summed E-state index contributed by atoms with van der Waals surface area (Å²) < 4.78 is 3.36. The molecule has 0 atom stereocenters. The second-order valence-corrected chi connectivity index (χ2v) is 4.67. The van der Waals surface area contributed by atoms with E-state index in [1.165, 1.54) is 18.2 Å². The summed E-state index contributed by atoms with van der Waals surface area (Å²) in [4.78, 5) is 0. The molecule has 14 heavy (non-hydrogen) atoms. The minimum atomic E-state index is 0.338. The van der Waals surface area contributed by atoms with E-state index in [4.69, 9.17) is 0 Å². The first-order valence-corrected chi connectivity index (χ1v) is 5.54. The molecule has 2 nitrogen and oxygen atoms in total. The highest BCUT2D eigenvalue weighted by Crippen LogP contribution is 2.40. The van der Waals surface area contributed by atoms with E-state index < -0.39 is 0 Å². The molecule has 0 spiro atoms. The third-order valence-electron chi connectivity index (χ3n) is 2.71. The normalized spacial score (nSPS) is 16.4. The van der Waals surface area contributed by atoms with Crippen LogP contribution in [0.3, 0.4) is 0 Å². The van der Waals surface area contributed by atoms with E-state index in [9.17, 15) is 5.11 Å². The Bertz CT molecular complexity index is 499. The molecule has 0 bridgehead atoms. The number of phenolic OH excluding ortho intramolecular Hbond substituents is 1. The average molecular weight is 252 g/mol. The van der Waals surface area contributed by atoms with Gasteiger partial charge in [0, 0.05) is 28.2 Å². The highest BCUT2D eigenvalue weighted by molar-refractivity contribution is 9.10. The number of nitrogens with zero attached hydrogens (tertiary/aromatic N) is 1. The van der Waals surface area contributed by atoms with E-state index in [2.05, 4.69) is 26.7 Å². The van der Waals surface area contributed by atoms with Crippen LogP contribution >= 0.6 is 15.9 Å². The van der Waals surface area contributed by atoms with Crippen molar-refractivity contribution in [2.24, 2.45) is 0 Å². The van der Waals surface area contributed by atoms with Gasteiger partial charge in [0.05, 0.1) is 5.52 Å². The Kier molecular flexibility index (Phi) is 1.65. The predicted molar refractivity (Wildman–Crippen MR) is 59.6 cm³/mol. The van der Waals surface area contributed by atoms with Crippen molar-refractivity contribution < 1.29 is 5.11 Å². The lowest BCUT2D eigenvalue weighted by Gasteiger charge is -2.01. The van der Waals surface area contributed by atoms with Crippen LogP contribution in [0.25, 0.3) is 10.9 Å². The zero-order chi connectivity index (χ0) is 9.71. The van der Waals surface area contributed by atoms with Crippen molar-refractivity contribution in [2.75, 3.05) is 0 Å². The van der Waals surface area contributed by atoms with Crippen LogP contribution in [0.5, 0.6) is 5.75 Å². The van der Waals surface area contributed by atoms with Crippen LogP contribution in [0.15, 0.2) is 28.9 Å². The van der Waals surface area contributed by atoms with Crippen molar-refractivity contribution in [1.29, 1.82) is 0 Å². The highest BCUT2D eigenvalue weighted by atomic mass is 79.9. The van der Waals surface area contributed by atoms with Crippen LogP contribution < -0.4 is 0 Å². The number of halogens is 1.